The van der Waals surface area contributed by atoms with Crippen LogP contribution in [0.25, 0.3) is 17.7 Å². The third kappa shape index (κ3) is 3.92. The summed E-state index contributed by atoms with van der Waals surface area (Å²) in [6.07, 6.45) is 5.04. The van der Waals surface area contributed by atoms with Gasteiger partial charge in [-0.05, 0) is 36.8 Å². The molecular formula is C19H19NO5. The van der Waals surface area contributed by atoms with Crippen LogP contribution in [-0.4, -0.2) is 23.8 Å². The van der Waals surface area contributed by atoms with E-state index in [0.717, 1.165) is 5.56 Å². The molecular weight excluding hydrogens is 322 g/mol. The second kappa shape index (κ2) is 7.72. The van der Waals surface area contributed by atoms with Gasteiger partial charge in [-0.3, -0.25) is 0 Å². The molecule has 0 atom stereocenters. The first-order chi connectivity index (χ1) is 12.2. The maximum absolute atomic E-state index is 8.85. The molecule has 0 amide bonds. The van der Waals surface area contributed by atoms with Gasteiger partial charge in [0, 0.05) is 0 Å². The maximum Gasteiger partial charge on any atom is 0.263 e. The minimum atomic E-state index is -0.00992. The van der Waals surface area contributed by atoms with Crippen LogP contribution in [0.3, 0.4) is 0 Å². The molecule has 0 radical (unpaired) electrons. The molecule has 0 saturated carbocycles. The number of hydrogen-bond donors (Lipinski definition) is 1. The van der Waals surface area contributed by atoms with Crippen LogP contribution in [0.2, 0.25) is 0 Å². The second-order valence-electron chi connectivity index (χ2n) is 5.28. The van der Waals surface area contributed by atoms with Crippen molar-refractivity contribution in [3.63, 3.8) is 0 Å². The van der Waals surface area contributed by atoms with Crippen LogP contribution in [0.15, 0.2) is 51.5 Å². The SMILES string of the molecule is COc1cc(/C=C/CO)ccc1OCc1nc(-c2ccco2)oc1C. The largest absolute Gasteiger partial charge is 0.493 e. The summed E-state index contributed by atoms with van der Waals surface area (Å²) < 4.78 is 22.1. The number of rotatable bonds is 7. The Bertz CT molecular complexity index is 849. The standard InChI is InChI=1S/C19H19NO5/c1-13-15(20-19(25-13)17-6-4-10-23-17)12-24-16-8-7-14(5-3-9-21)11-18(16)22-2/h3-8,10-11,21H,9,12H2,1-2H3/b5-3+. The van der Waals surface area contributed by atoms with Crippen molar-refractivity contribution in [3.8, 4) is 23.1 Å². The number of aromatic nitrogens is 1. The van der Waals surface area contributed by atoms with E-state index in [1.165, 1.54) is 0 Å². The van der Waals surface area contributed by atoms with E-state index in [4.69, 9.17) is 23.4 Å². The van der Waals surface area contributed by atoms with Gasteiger partial charge in [0.1, 0.15) is 18.1 Å². The van der Waals surface area contributed by atoms with E-state index in [1.807, 2.05) is 31.2 Å². The minimum Gasteiger partial charge on any atom is -0.493 e. The molecule has 1 N–H and O–H groups in total. The van der Waals surface area contributed by atoms with Crippen LogP contribution in [0.1, 0.15) is 17.0 Å². The lowest BCUT2D eigenvalue weighted by Crippen LogP contribution is -1.99. The highest BCUT2D eigenvalue weighted by atomic mass is 16.5. The summed E-state index contributed by atoms with van der Waals surface area (Å²) in [6, 6.07) is 9.11. The molecule has 2 aromatic heterocycles. The minimum absolute atomic E-state index is 0.00992. The van der Waals surface area contributed by atoms with E-state index in [0.29, 0.717) is 34.6 Å². The number of oxazole rings is 1. The van der Waals surface area contributed by atoms with Crippen LogP contribution in [0, 0.1) is 6.92 Å². The molecule has 25 heavy (non-hydrogen) atoms. The average molecular weight is 341 g/mol. The molecule has 0 spiro atoms. The van der Waals surface area contributed by atoms with Gasteiger partial charge in [0.05, 0.1) is 20.0 Å². The smallest absolute Gasteiger partial charge is 0.263 e. The first kappa shape index (κ1) is 16.9. The molecule has 1 aromatic carbocycles. The van der Waals surface area contributed by atoms with E-state index in [9.17, 15) is 0 Å². The van der Waals surface area contributed by atoms with Crippen molar-refractivity contribution >= 4 is 6.08 Å². The summed E-state index contributed by atoms with van der Waals surface area (Å²) in [6.45, 7) is 2.07. The van der Waals surface area contributed by atoms with Crippen LogP contribution in [0.4, 0.5) is 0 Å². The number of ether oxygens (including phenoxy) is 2. The van der Waals surface area contributed by atoms with E-state index >= 15 is 0 Å². The van der Waals surface area contributed by atoms with Crippen molar-refractivity contribution in [2.45, 2.75) is 13.5 Å². The number of benzene rings is 1. The third-order valence-electron chi connectivity index (χ3n) is 3.59. The lowest BCUT2D eigenvalue weighted by Gasteiger charge is -2.10. The fourth-order valence-electron chi connectivity index (χ4n) is 2.31. The molecule has 2 heterocycles. The van der Waals surface area contributed by atoms with Crippen molar-refractivity contribution in [2.75, 3.05) is 13.7 Å². The fraction of sp³-hybridized carbons (Fsp3) is 0.211. The Morgan fingerprint density at radius 1 is 1.24 bits per heavy atom. The number of hydrogen-bond acceptors (Lipinski definition) is 6. The summed E-state index contributed by atoms with van der Waals surface area (Å²) in [5.74, 6) is 2.88. The molecule has 0 aliphatic heterocycles. The number of furan rings is 1. The van der Waals surface area contributed by atoms with Crippen molar-refractivity contribution in [3.05, 3.63) is 59.7 Å². The number of aliphatic hydroxyl groups excluding tert-OH is 1. The van der Waals surface area contributed by atoms with Gasteiger partial charge in [-0.15, -0.1) is 0 Å². The van der Waals surface area contributed by atoms with Crippen molar-refractivity contribution in [1.82, 2.24) is 4.98 Å². The fourth-order valence-corrected chi connectivity index (χ4v) is 2.31. The molecule has 6 nitrogen and oxygen atoms in total. The third-order valence-corrected chi connectivity index (χ3v) is 3.59. The Morgan fingerprint density at radius 2 is 2.12 bits per heavy atom. The molecule has 0 fully saturated rings. The van der Waals surface area contributed by atoms with E-state index in [1.54, 1.807) is 31.6 Å². The molecule has 0 saturated heterocycles. The number of aliphatic hydroxyl groups is 1. The van der Waals surface area contributed by atoms with Gasteiger partial charge in [-0.2, -0.15) is 0 Å². The van der Waals surface area contributed by atoms with Gasteiger partial charge in [-0.25, -0.2) is 4.98 Å². The highest BCUT2D eigenvalue weighted by molar-refractivity contribution is 5.56. The van der Waals surface area contributed by atoms with Gasteiger partial charge in [-0.1, -0.05) is 18.2 Å². The number of nitrogens with zero attached hydrogens (tertiary/aromatic N) is 1. The van der Waals surface area contributed by atoms with Gasteiger partial charge in [0.15, 0.2) is 17.3 Å². The zero-order valence-electron chi connectivity index (χ0n) is 14.1. The van der Waals surface area contributed by atoms with Gasteiger partial charge in [0.2, 0.25) is 0 Å². The van der Waals surface area contributed by atoms with Gasteiger partial charge in [0.25, 0.3) is 5.89 Å². The van der Waals surface area contributed by atoms with Crippen molar-refractivity contribution in [1.29, 1.82) is 0 Å². The van der Waals surface area contributed by atoms with E-state index in [2.05, 4.69) is 4.98 Å². The normalized spacial score (nSPS) is 11.2. The summed E-state index contributed by atoms with van der Waals surface area (Å²) in [5, 5.41) is 8.85. The monoisotopic (exact) mass is 341 g/mol. The Kier molecular flexibility index (Phi) is 5.20. The highest BCUT2D eigenvalue weighted by Crippen LogP contribution is 2.30. The zero-order chi connectivity index (χ0) is 17.6. The lowest BCUT2D eigenvalue weighted by atomic mass is 10.2. The predicted molar refractivity (Wildman–Crippen MR) is 92.4 cm³/mol. The Hall–Kier alpha value is -2.99. The van der Waals surface area contributed by atoms with E-state index in [-0.39, 0.29) is 13.2 Å². The van der Waals surface area contributed by atoms with Crippen LogP contribution in [-0.2, 0) is 6.61 Å². The average Bonchev–Trinajstić information content (AvgIpc) is 3.28. The van der Waals surface area contributed by atoms with Crippen LogP contribution < -0.4 is 9.47 Å². The van der Waals surface area contributed by atoms with Crippen molar-refractivity contribution < 1.29 is 23.4 Å². The molecule has 3 aromatic rings. The number of aryl methyl sites for hydroxylation is 1. The zero-order valence-corrected chi connectivity index (χ0v) is 14.1. The lowest BCUT2D eigenvalue weighted by molar-refractivity contribution is 0.279. The Balaban J connectivity index is 1.74. The molecule has 130 valence electrons. The Morgan fingerprint density at radius 3 is 2.84 bits per heavy atom. The topological polar surface area (TPSA) is 77.9 Å². The summed E-state index contributed by atoms with van der Waals surface area (Å²) in [4.78, 5) is 4.42. The van der Waals surface area contributed by atoms with Gasteiger partial charge < -0.3 is 23.4 Å². The summed E-state index contributed by atoms with van der Waals surface area (Å²) in [7, 11) is 1.58. The Labute approximate surface area is 145 Å². The molecule has 3 rings (SSSR count). The molecule has 6 heteroatoms. The molecule has 0 bridgehead atoms. The summed E-state index contributed by atoms with van der Waals surface area (Å²) >= 11 is 0. The van der Waals surface area contributed by atoms with Gasteiger partial charge >= 0.3 is 0 Å². The highest BCUT2D eigenvalue weighted by Gasteiger charge is 2.14. The second-order valence-corrected chi connectivity index (χ2v) is 5.28. The predicted octanol–water partition coefficient (Wildman–Crippen LogP) is 3.84. The quantitative estimate of drug-likeness (QED) is 0.703. The molecule has 0 aliphatic carbocycles. The number of methoxy groups -OCH3 is 1. The van der Waals surface area contributed by atoms with Crippen LogP contribution in [0.5, 0.6) is 11.5 Å². The molecule has 0 unspecified atom stereocenters. The van der Waals surface area contributed by atoms with E-state index < -0.39 is 0 Å². The summed E-state index contributed by atoms with van der Waals surface area (Å²) in [5.41, 5.74) is 1.61. The molecule has 0 aliphatic rings. The maximum atomic E-state index is 8.85. The first-order valence-electron chi connectivity index (χ1n) is 7.79. The first-order valence-corrected chi connectivity index (χ1v) is 7.79. The van der Waals surface area contributed by atoms with Crippen LogP contribution >= 0.6 is 0 Å². The van der Waals surface area contributed by atoms with Crippen molar-refractivity contribution in [2.24, 2.45) is 0 Å².